The number of imidazole rings is 1. The summed E-state index contributed by atoms with van der Waals surface area (Å²) in [6.45, 7) is 0.585. The Morgan fingerprint density at radius 3 is 2.70 bits per heavy atom. The summed E-state index contributed by atoms with van der Waals surface area (Å²) in [4.78, 5) is 4.16. The maximum atomic E-state index is 9.11. The first-order valence-electron chi connectivity index (χ1n) is 6.06. The second kappa shape index (κ2) is 6.91. The second-order valence-electron chi connectivity index (χ2n) is 4.04. The first-order valence-corrected chi connectivity index (χ1v) is 6.85. The van der Waals surface area contributed by atoms with Crippen molar-refractivity contribution in [3.8, 4) is 17.9 Å². The summed E-state index contributed by atoms with van der Waals surface area (Å²) in [5.74, 6) is 5.75. The van der Waals surface area contributed by atoms with Crippen LogP contribution >= 0.6 is 15.9 Å². The van der Waals surface area contributed by atoms with Crippen LogP contribution < -0.4 is 0 Å². The summed E-state index contributed by atoms with van der Waals surface area (Å²) < 4.78 is 2.42. The molecule has 2 aromatic rings. The van der Waals surface area contributed by atoms with Gasteiger partial charge in [-0.3, -0.25) is 0 Å². The second-order valence-corrected chi connectivity index (χ2v) is 4.75. The van der Waals surface area contributed by atoms with E-state index in [1.807, 2.05) is 41.0 Å². The van der Waals surface area contributed by atoms with Crippen LogP contribution in [0, 0.1) is 23.2 Å². The predicted octanol–water partition coefficient (Wildman–Crippen LogP) is 2.30. The summed E-state index contributed by atoms with van der Waals surface area (Å²) >= 11 is 3.36. The van der Waals surface area contributed by atoms with Gasteiger partial charge in [-0.1, -0.05) is 36.3 Å². The molecule has 0 fully saturated rings. The summed E-state index contributed by atoms with van der Waals surface area (Å²) in [5, 5.41) is 17.9. The van der Waals surface area contributed by atoms with E-state index in [0.717, 1.165) is 5.56 Å². The average Bonchev–Trinajstić information content (AvgIpc) is 2.77. The largest absolute Gasteiger partial charge is 0.395 e. The zero-order valence-corrected chi connectivity index (χ0v) is 12.3. The molecular formula is C15H12BrN3O. The predicted molar refractivity (Wildman–Crippen MR) is 78.8 cm³/mol. The van der Waals surface area contributed by atoms with E-state index in [2.05, 4.69) is 32.8 Å². The van der Waals surface area contributed by atoms with Crippen molar-refractivity contribution < 1.29 is 5.11 Å². The van der Waals surface area contributed by atoms with Gasteiger partial charge in [-0.2, -0.15) is 5.26 Å². The van der Waals surface area contributed by atoms with Gasteiger partial charge in [0, 0.05) is 6.42 Å². The van der Waals surface area contributed by atoms with Gasteiger partial charge in [-0.25, -0.2) is 4.98 Å². The number of hydrogen-bond donors (Lipinski definition) is 1. The molecule has 0 aliphatic heterocycles. The van der Waals surface area contributed by atoms with Gasteiger partial charge in [-0.05, 0) is 27.4 Å². The van der Waals surface area contributed by atoms with E-state index in [4.69, 9.17) is 10.4 Å². The number of nitrogens with zero attached hydrogens (tertiary/aromatic N) is 3. The van der Waals surface area contributed by atoms with E-state index >= 15 is 0 Å². The lowest BCUT2D eigenvalue weighted by molar-refractivity contribution is 0.305. The zero-order valence-electron chi connectivity index (χ0n) is 10.7. The number of nitriles is 1. The quantitative estimate of drug-likeness (QED) is 0.879. The van der Waals surface area contributed by atoms with Crippen LogP contribution in [0.4, 0.5) is 0 Å². The van der Waals surface area contributed by atoms with E-state index < -0.39 is 0 Å². The molecule has 0 saturated carbocycles. The van der Waals surface area contributed by atoms with Crippen LogP contribution in [0.25, 0.3) is 0 Å². The smallest absolute Gasteiger partial charge is 0.179 e. The fourth-order valence-corrected chi connectivity index (χ4v) is 2.22. The fourth-order valence-electron chi connectivity index (χ4n) is 1.74. The van der Waals surface area contributed by atoms with Gasteiger partial charge in [0.15, 0.2) is 10.4 Å². The van der Waals surface area contributed by atoms with E-state index in [0.29, 0.717) is 29.1 Å². The van der Waals surface area contributed by atoms with Crippen LogP contribution in [-0.4, -0.2) is 21.3 Å². The number of benzene rings is 1. The van der Waals surface area contributed by atoms with Crippen molar-refractivity contribution in [3.63, 3.8) is 0 Å². The van der Waals surface area contributed by atoms with Gasteiger partial charge in [0.2, 0.25) is 0 Å². The van der Waals surface area contributed by atoms with E-state index in [-0.39, 0.29) is 6.61 Å². The highest BCUT2D eigenvalue weighted by atomic mass is 79.9. The van der Waals surface area contributed by atoms with E-state index in [9.17, 15) is 0 Å². The van der Waals surface area contributed by atoms with Gasteiger partial charge in [0.1, 0.15) is 11.8 Å². The Balaban J connectivity index is 2.40. The lowest BCUT2D eigenvalue weighted by Gasteiger charge is -2.06. The minimum atomic E-state index is 0.00286. The Morgan fingerprint density at radius 2 is 2.05 bits per heavy atom. The molecule has 0 spiro atoms. The Labute approximate surface area is 125 Å². The van der Waals surface area contributed by atoms with Crippen LogP contribution in [0.2, 0.25) is 0 Å². The topological polar surface area (TPSA) is 61.8 Å². The molecule has 0 amide bonds. The van der Waals surface area contributed by atoms with Crippen LogP contribution in [-0.2, 0) is 6.54 Å². The lowest BCUT2D eigenvalue weighted by atomic mass is 10.2. The molecule has 0 radical (unpaired) electrons. The summed E-state index contributed by atoms with van der Waals surface area (Å²) in [6, 6.07) is 11.9. The van der Waals surface area contributed by atoms with Crippen molar-refractivity contribution in [1.29, 1.82) is 5.26 Å². The molecule has 100 valence electrons. The summed E-state index contributed by atoms with van der Waals surface area (Å²) in [5.41, 5.74) is 1.95. The SMILES string of the molecule is N#Cc1nc(Br)n(Cc2ccccc2)c1C#CCCO. The summed E-state index contributed by atoms with van der Waals surface area (Å²) in [7, 11) is 0. The van der Waals surface area contributed by atoms with Gasteiger partial charge < -0.3 is 9.67 Å². The fraction of sp³-hybridized carbons (Fsp3) is 0.200. The van der Waals surface area contributed by atoms with Crippen LogP contribution in [0.15, 0.2) is 35.1 Å². The maximum absolute atomic E-state index is 9.11. The first kappa shape index (κ1) is 14.3. The lowest BCUT2D eigenvalue weighted by Crippen LogP contribution is -2.03. The average molecular weight is 330 g/mol. The molecule has 1 aromatic heterocycles. The molecule has 1 N–H and O–H groups in total. The first-order chi connectivity index (χ1) is 9.76. The molecular weight excluding hydrogens is 318 g/mol. The molecule has 0 saturated heterocycles. The Hall–Kier alpha value is -2.08. The van der Waals surface area contributed by atoms with Crippen molar-refractivity contribution in [2.75, 3.05) is 6.61 Å². The zero-order chi connectivity index (χ0) is 14.4. The van der Waals surface area contributed by atoms with Crippen molar-refractivity contribution in [1.82, 2.24) is 9.55 Å². The van der Waals surface area contributed by atoms with Crippen molar-refractivity contribution >= 4 is 15.9 Å². The van der Waals surface area contributed by atoms with Crippen LogP contribution in [0.1, 0.15) is 23.4 Å². The van der Waals surface area contributed by atoms with Gasteiger partial charge in [0.25, 0.3) is 0 Å². The molecule has 0 aliphatic rings. The number of rotatable bonds is 3. The standard InChI is InChI=1S/C15H12BrN3O/c16-15-18-13(10-17)14(8-4-5-9-20)19(15)11-12-6-2-1-3-7-12/h1-3,6-7,20H,5,9,11H2. The number of hydrogen-bond acceptors (Lipinski definition) is 3. The Kier molecular flexibility index (Phi) is 4.95. The van der Waals surface area contributed by atoms with Crippen LogP contribution in [0.3, 0.4) is 0 Å². The molecule has 5 heteroatoms. The van der Waals surface area contributed by atoms with Crippen molar-refractivity contribution in [2.24, 2.45) is 0 Å². The van der Waals surface area contributed by atoms with Gasteiger partial charge >= 0.3 is 0 Å². The van der Waals surface area contributed by atoms with Crippen molar-refractivity contribution in [3.05, 3.63) is 52.0 Å². The minimum absolute atomic E-state index is 0.00286. The number of aromatic nitrogens is 2. The van der Waals surface area contributed by atoms with Gasteiger partial charge in [0.05, 0.1) is 13.2 Å². The number of aliphatic hydroxyl groups excluding tert-OH is 1. The molecule has 4 nitrogen and oxygen atoms in total. The van der Waals surface area contributed by atoms with E-state index in [1.54, 1.807) is 0 Å². The highest BCUT2D eigenvalue weighted by Crippen LogP contribution is 2.18. The molecule has 0 aliphatic carbocycles. The maximum Gasteiger partial charge on any atom is 0.179 e. The van der Waals surface area contributed by atoms with Crippen molar-refractivity contribution in [2.45, 2.75) is 13.0 Å². The third-order valence-electron chi connectivity index (χ3n) is 2.65. The molecule has 0 unspecified atom stereocenters. The Morgan fingerprint density at radius 1 is 1.30 bits per heavy atom. The highest BCUT2D eigenvalue weighted by molar-refractivity contribution is 9.10. The summed E-state index contributed by atoms with van der Waals surface area (Å²) in [6.07, 6.45) is 0.374. The molecule has 2 rings (SSSR count). The third-order valence-corrected chi connectivity index (χ3v) is 3.26. The molecule has 0 atom stereocenters. The minimum Gasteiger partial charge on any atom is -0.395 e. The molecule has 1 aromatic carbocycles. The molecule has 0 bridgehead atoms. The number of halogens is 1. The molecule has 20 heavy (non-hydrogen) atoms. The molecule has 1 heterocycles. The van der Waals surface area contributed by atoms with Crippen LogP contribution in [0.5, 0.6) is 0 Å². The van der Waals surface area contributed by atoms with Gasteiger partial charge in [-0.15, -0.1) is 0 Å². The highest BCUT2D eigenvalue weighted by Gasteiger charge is 2.13. The van der Waals surface area contributed by atoms with E-state index in [1.165, 1.54) is 0 Å². The monoisotopic (exact) mass is 329 g/mol. The Bertz CT molecular complexity index is 690. The normalized spacial score (nSPS) is 9.65. The number of aliphatic hydroxyl groups is 1. The third kappa shape index (κ3) is 3.27.